The number of benzene rings is 1. The average Bonchev–Trinajstić information content (AvgIpc) is 2.47. The van der Waals surface area contributed by atoms with E-state index < -0.39 is 21.6 Å². The lowest BCUT2D eigenvalue weighted by Gasteiger charge is -2.21. The second-order valence-corrected chi connectivity index (χ2v) is 8.78. The second kappa shape index (κ2) is 7.25. The maximum Gasteiger partial charge on any atom is 0.306 e. The number of aryl methyl sites for hydroxylation is 1. The van der Waals surface area contributed by atoms with Gasteiger partial charge in [-0.15, -0.1) is 0 Å². The topological polar surface area (TPSA) is 83.8 Å². The lowest BCUT2D eigenvalue weighted by atomic mass is 9.94. The van der Waals surface area contributed by atoms with Crippen LogP contribution < -0.4 is 0 Å². The van der Waals surface area contributed by atoms with Crippen molar-refractivity contribution < 1.29 is 18.9 Å². The zero-order valence-corrected chi connectivity index (χ0v) is 14.3. The zero-order valence-electron chi connectivity index (χ0n) is 13.5. The fraction of sp³-hybridized carbons (Fsp3) is 0.529. The summed E-state index contributed by atoms with van der Waals surface area (Å²) in [4.78, 5) is 23.1. The zero-order chi connectivity index (χ0) is 17.0. The summed E-state index contributed by atoms with van der Waals surface area (Å²) < 4.78 is 16.5. The highest BCUT2D eigenvalue weighted by atomic mass is 32.2. The number of carboxylic acid groups (broad SMARTS) is 1. The van der Waals surface area contributed by atoms with Crippen molar-refractivity contribution in [1.29, 1.82) is 0 Å². The van der Waals surface area contributed by atoms with Gasteiger partial charge in [-0.2, -0.15) is 4.36 Å². The summed E-state index contributed by atoms with van der Waals surface area (Å²) in [5.74, 6) is -1.24. The molecular weight excluding hydrogens is 314 g/mol. The van der Waals surface area contributed by atoms with Crippen LogP contribution in [0.4, 0.5) is 0 Å². The third-order valence-electron chi connectivity index (χ3n) is 4.39. The molecule has 1 atom stereocenters. The first kappa shape index (κ1) is 17.7. The van der Waals surface area contributed by atoms with Crippen LogP contribution in [-0.2, 0) is 19.3 Å². The van der Waals surface area contributed by atoms with Gasteiger partial charge in [0.2, 0.25) is 0 Å². The first-order chi connectivity index (χ1) is 10.8. The molecule has 1 amide bonds. The van der Waals surface area contributed by atoms with Crippen LogP contribution in [0.15, 0.2) is 28.6 Å². The van der Waals surface area contributed by atoms with Gasteiger partial charge in [0.25, 0.3) is 5.91 Å². The fourth-order valence-electron chi connectivity index (χ4n) is 2.97. The number of hydrogen-bond donors (Lipinski definition) is 1. The minimum absolute atomic E-state index is 0.0193. The van der Waals surface area contributed by atoms with Crippen LogP contribution in [0.25, 0.3) is 0 Å². The molecule has 5 nitrogen and oxygen atoms in total. The lowest BCUT2D eigenvalue weighted by Crippen LogP contribution is -2.28. The molecule has 1 aromatic carbocycles. The van der Waals surface area contributed by atoms with Crippen molar-refractivity contribution in [3.05, 3.63) is 35.4 Å². The number of nitrogens with zero attached hydrogens (tertiary/aromatic N) is 1. The summed E-state index contributed by atoms with van der Waals surface area (Å²) in [5.41, 5.74) is 2.22. The highest BCUT2D eigenvalue weighted by Gasteiger charge is 2.28. The van der Waals surface area contributed by atoms with E-state index in [1.807, 2.05) is 38.1 Å². The molecule has 1 aromatic rings. The van der Waals surface area contributed by atoms with Gasteiger partial charge >= 0.3 is 5.97 Å². The first-order valence-corrected chi connectivity index (χ1v) is 9.70. The first-order valence-electron chi connectivity index (χ1n) is 7.84. The van der Waals surface area contributed by atoms with E-state index in [1.165, 1.54) is 0 Å². The minimum atomic E-state index is -2.58. The molecule has 6 heteroatoms. The lowest BCUT2D eigenvalue weighted by molar-refractivity contribution is -0.141. The second-order valence-electron chi connectivity index (χ2n) is 6.24. The number of aliphatic carboxylic acids is 1. The van der Waals surface area contributed by atoms with Crippen molar-refractivity contribution in [3.63, 3.8) is 0 Å². The van der Waals surface area contributed by atoms with Crippen LogP contribution in [0.2, 0.25) is 0 Å². The summed E-state index contributed by atoms with van der Waals surface area (Å²) in [7, 11) is -2.58. The number of rotatable bonds is 4. The van der Waals surface area contributed by atoms with Gasteiger partial charge in [0.05, 0.1) is 15.6 Å². The third-order valence-corrected chi connectivity index (χ3v) is 6.67. The highest BCUT2D eigenvalue weighted by molar-refractivity contribution is 7.93. The average molecular weight is 337 g/mol. The molecule has 1 aliphatic heterocycles. The van der Waals surface area contributed by atoms with Crippen molar-refractivity contribution in [2.45, 2.75) is 39.0 Å². The number of amides is 1. The van der Waals surface area contributed by atoms with Crippen molar-refractivity contribution >= 4 is 21.6 Å². The highest BCUT2D eigenvalue weighted by Crippen LogP contribution is 2.24. The van der Waals surface area contributed by atoms with Crippen LogP contribution in [0.3, 0.4) is 0 Å². The molecule has 0 radical (unpaired) electrons. The summed E-state index contributed by atoms with van der Waals surface area (Å²) in [6, 6.07) is 7.88. The molecule has 1 fully saturated rings. The Morgan fingerprint density at radius 2 is 1.91 bits per heavy atom. The summed E-state index contributed by atoms with van der Waals surface area (Å²) in [6.07, 6.45) is 0.890. The van der Waals surface area contributed by atoms with Crippen LogP contribution in [0.1, 0.15) is 43.2 Å². The van der Waals surface area contributed by atoms with Crippen LogP contribution >= 0.6 is 0 Å². The minimum Gasteiger partial charge on any atom is -0.481 e. The van der Waals surface area contributed by atoms with E-state index in [1.54, 1.807) is 0 Å². The molecule has 1 N–H and O–H groups in total. The Morgan fingerprint density at radius 3 is 2.48 bits per heavy atom. The smallest absolute Gasteiger partial charge is 0.306 e. The Morgan fingerprint density at radius 1 is 1.30 bits per heavy atom. The molecule has 2 rings (SSSR count). The van der Waals surface area contributed by atoms with Gasteiger partial charge in [-0.1, -0.05) is 31.2 Å². The number of carbonyl (C=O) groups excluding carboxylic acids is 1. The van der Waals surface area contributed by atoms with Gasteiger partial charge < -0.3 is 5.11 Å². The summed E-state index contributed by atoms with van der Waals surface area (Å²) >= 11 is 0. The van der Waals surface area contributed by atoms with Gasteiger partial charge in [0, 0.05) is 17.9 Å². The summed E-state index contributed by atoms with van der Waals surface area (Å²) in [5, 5.41) is 8.97. The van der Waals surface area contributed by atoms with E-state index in [0.29, 0.717) is 12.8 Å². The van der Waals surface area contributed by atoms with Crippen LogP contribution in [-0.4, -0.2) is 32.7 Å². The SMILES string of the molecule is Cc1ccccc1C(C)CC(=O)N=S1(=O)CCC(C(=O)O)CC1. The van der Waals surface area contributed by atoms with Gasteiger partial charge in [-0.25, -0.2) is 4.21 Å². The van der Waals surface area contributed by atoms with Crippen molar-refractivity contribution in [2.24, 2.45) is 10.3 Å². The molecule has 0 aromatic heterocycles. The molecule has 1 unspecified atom stereocenters. The molecule has 0 spiro atoms. The van der Waals surface area contributed by atoms with Crippen LogP contribution in [0, 0.1) is 12.8 Å². The standard InChI is InChI=1S/C17H23NO4S/c1-12-5-3-4-6-15(12)13(2)11-16(19)18-23(22)9-7-14(8-10-23)17(20)21/h3-6,13-14H,7-11H2,1-2H3,(H,20,21). The van der Waals surface area contributed by atoms with E-state index in [0.717, 1.165) is 11.1 Å². The third kappa shape index (κ3) is 4.64. The number of carboxylic acids is 1. The molecule has 126 valence electrons. The number of hydrogen-bond acceptors (Lipinski definition) is 3. The molecule has 1 saturated heterocycles. The van der Waals surface area contributed by atoms with Gasteiger partial charge in [0.1, 0.15) is 0 Å². The van der Waals surface area contributed by atoms with E-state index in [2.05, 4.69) is 4.36 Å². The monoisotopic (exact) mass is 337 g/mol. The van der Waals surface area contributed by atoms with Crippen LogP contribution in [0.5, 0.6) is 0 Å². The molecule has 23 heavy (non-hydrogen) atoms. The Labute approximate surface area is 137 Å². The normalized spacial score (nSPS) is 25.6. The van der Waals surface area contributed by atoms with Gasteiger partial charge in [0.15, 0.2) is 0 Å². The molecule has 0 aliphatic carbocycles. The quantitative estimate of drug-likeness (QED) is 0.915. The van der Waals surface area contributed by atoms with E-state index in [-0.39, 0.29) is 29.8 Å². The number of carbonyl (C=O) groups is 2. The van der Waals surface area contributed by atoms with E-state index in [4.69, 9.17) is 5.11 Å². The van der Waals surface area contributed by atoms with E-state index >= 15 is 0 Å². The predicted octanol–water partition coefficient (Wildman–Crippen LogP) is 2.98. The van der Waals surface area contributed by atoms with Crippen molar-refractivity contribution in [2.75, 3.05) is 11.5 Å². The maximum atomic E-state index is 12.6. The Hall–Kier alpha value is -1.69. The van der Waals surface area contributed by atoms with Crippen molar-refractivity contribution in [3.8, 4) is 0 Å². The Balaban J connectivity index is 2.03. The Kier molecular flexibility index (Phi) is 5.57. The molecular formula is C17H23NO4S. The van der Waals surface area contributed by atoms with Gasteiger partial charge in [-0.3, -0.25) is 9.59 Å². The van der Waals surface area contributed by atoms with E-state index in [9.17, 15) is 13.8 Å². The van der Waals surface area contributed by atoms with Crippen molar-refractivity contribution in [1.82, 2.24) is 0 Å². The molecule has 0 bridgehead atoms. The largest absolute Gasteiger partial charge is 0.481 e. The molecule has 1 aliphatic rings. The predicted molar refractivity (Wildman–Crippen MR) is 89.9 cm³/mol. The summed E-state index contributed by atoms with van der Waals surface area (Å²) in [6.45, 7) is 3.96. The molecule has 1 heterocycles. The molecule has 0 saturated carbocycles. The maximum absolute atomic E-state index is 12.6. The fourth-order valence-corrected chi connectivity index (χ4v) is 5.11. The Bertz CT molecular complexity index is 705. The van der Waals surface area contributed by atoms with Gasteiger partial charge in [-0.05, 0) is 36.8 Å².